The lowest BCUT2D eigenvalue weighted by Crippen LogP contribution is -2.41. The minimum atomic E-state index is -4.29. The van der Waals surface area contributed by atoms with Crippen molar-refractivity contribution in [2.45, 2.75) is 88.9 Å². The number of hydrogen-bond acceptors (Lipinski definition) is 9. The van der Waals surface area contributed by atoms with Crippen LogP contribution in [0.1, 0.15) is 76.9 Å². The van der Waals surface area contributed by atoms with Crippen molar-refractivity contribution in [1.82, 2.24) is 14.7 Å². The van der Waals surface area contributed by atoms with Gasteiger partial charge in [0.2, 0.25) is 0 Å². The molecule has 0 aliphatic carbocycles. The van der Waals surface area contributed by atoms with Gasteiger partial charge in [-0.3, -0.25) is 4.79 Å². The Kier molecular flexibility index (Phi) is 7.99. The zero-order valence-electron chi connectivity index (χ0n) is 23.6. The highest BCUT2D eigenvalue weighted by Crippen LogP contribution is 2.42. The summed E-state index contributed by atoms with van der Waals surface area (Å²) in [5, 5.41) is 22.7. The predicted octanol–water partition coefficient (Wildman–Crippen LogP) is 3.06. The van der Waals surface area contributed by atoms with Gasteiger partial charge in [-0.25, -0.2) is 14.7 Å². The lowest BCUT2D eigenvalue weighted by atomic mass is 9.83. The zero-order chi connectivity index (χ0) is 28.8. The van der Waals surface area contributed by atoms with Crippen LogP contribution in [0.5, 0.6) is 0 Å². The number of nitrogens with one attached hydrogen (secondary N) is 2. The summed E-state index contributed by atoms with van der Waals surface area (Å²) in [6, 6.07) is 7.71. The molecule has 39 heavy (non-hydrogen) atoms. The summed E-state index contributed by atoms with van der Waals surface area (Å²) in [7, 11) is -4.29. The molecule has 0 spiro atoms. The molecule has 2 aromatic rings. The third kappa shape index (κ3) is 6.36. The van der Waals surface area contributed by atoms with Crippen molar-refractivity contribution in [2.75, 3.05) is 23.4 Å². The van der Waals surface area contributed by atoms with Crippen LogP contribution in [0.15, 0.2) is 35.4 Å². The number of amides is 1. The summed E-state index contributed by atoms with van der Waals surface area (Å²) >= 11 is 0. The Morgan fingerprint density at radius 3 is 2.56 bits per heavy atom. The molecule has 0 radical (unpaired) electrons. The molecule has 0 saturated carbocycles. The Labute approximate surface area is 231 Å². The molecule has 4 atom stereocenters. The maximum Gasteiger partial charge on any atom is 0.281 e. The van der Waals surface area contributed by atoms with Crippen LogP contribution in [0.25, 0.3) is 0 Å². The number of carbonyl (C=O) groups excluding carboxylic acids is 1. The number of sulfonamides is 1. The molecular formula is C28H41N5O5S. The summed E-state index contributed by atoms with van der Waals surface area (Å²) in [6.45, 7) is 12.8. The molecule has 2 aromatic heterocycles. The van der Waals surface area contributed by atoms with Crippen molar-refractivity contribution >= 4 is 27.6 Å². The highest BCUT2D eigenvalue weighted by Gasteiger charge is 2.43. The Morgan fingerprint density at radius 1 is 1.18 bits per heavy atom. The smallest absolute Gasteiger partial charge is 0.281 e. The van der Waals surface area contributed by atoms with Crippen LogP contribution >= 0.6 is 0 Å². The lowest BCUT2D eigenvalue weighted by molar-refractivity contribution is 0.0814. The summed E-state index contributed by atoms with van der Waals surface area (Å²) in [6.07, 6.45) is 0.864. The van der Waals surface area contributed by atoms with Crippen LogP contribution in [0, 0.1) is 11.8 Å². The third-order valence-electron chi connectivity index (χ3n) is 7.86. The van der Waals surface area contributed by atoms with Crippen molar-refractivity contribution < 1.29 is 23.4 Å². The molecule has 2 aliphatic heterocycles. The Hall–Kier alpha value is -2.76. The molecule has 4 N–H and O–H groups in total. The van der Waals surface area contributed by atoms with E-state index >= 15 is 0 Å². The van der Waals surface area contributed by atoms with Gasteiger partial charge in [0.25, 0.3) is 15.9 Å². The predicted molar refractivity (Wildman–Crippen MR) is 150 cm³/mol. The number of hydrogen-bond donors (Lipinski definition) is 4. The average Bonchev–Trinajstić information content (AvgIpc) is 3.17. The van der Waals surface area contributed by atoms with Gasteiger partial charge in [0.05, 0.1) is 18.3 Å². The molecule has 1 amide bonds. The highest BCUT2D eigenvalue weighted by molar-refractivity contribution is 7.90. The van der Waals surface area contributed by atoms with Crippen molar-refractivity contribution in [1.29, 1.82) is 0 Å². The molecule has 214 valence electrons. The van der Waals surface area contributed by atoms with Crippen molar-refractivity contribution in [3.05, 3.63) is 41.6 Å². The molecule has 4 bridgehead atoms. The number of pyridine rings is 2. The second kappa shape index (κ2) is 10.7. The van der Waals surface area contributed by atoms with Crippen LogP contribution in [0.4, 0.5) is 11.6 Å². The first kappa shape index (κ1) is 29.2. The van der Waals surface area contributed by atoms with Crippen LogP contribution < -0.4 is 14.9 Å². The van der Waals surface area contributed by atoms with Crippen LogP contribution in [0.3, 0.4) is 0 Å². The Bertz CT molecular complexity index is 1320. The third-order valence-corrected chi connectivity index (χ3v) is 9.09. The lowest BCUT2D eigenvalue weighted by Gasteiger charge is -2.34. The standard InChI is InChI=1S/C28H41N5O5S/c1-17-12-19(13-20(35)16-34)29-23-8-7-9-24(31-23)39(37,38)32-26(36)21-10-11-22(27(2,3)4)30-25(21)33-15-18(17)14-28(33,5)6/h7-11,17-20,34-35H,12-16H2,1-6H3,(H,29,31)(H,32,36)/t17-,18-,19?,20?/m0/s1. The van der Waals surface area contributed by atoms with E-state index in [1.807, 2.05) is 20.8 Å². The first-order chi connectivity index (χ1) is 18.1. The minimum Gasteiger partial charge on any atom is -0.394 e. The monoisotopic (exact) mass is 559 g/mol. The number of nitrogens with zero attached hydrogens (tertiary/aromatic N) is 3. The fourth-order valence-corrected chi connectivity index (χ4v) is 6.58. The molecule has 11 heteroatoms. The normalized spacial score (nSPS) is 25.5. The van der Waals surface area contributed by atoms with E-state index in [0.717, 1.165) is 12.1 Å². The van der Waals surface area contributed by atoms with Gasteiger partial charge in [0, 0.05) is 29.2 Å². The molecule has 0 aromatic carbocycles. The number of aliphatic hydroxyl groups excluding tert-OH is 2. The molecule has 1 saturated heterocycles. The van der Waals surface area contributed by atoms with Gasteiger partial charge >= 0.3 is 0 Å². The number of aliphatic hydroxyl groups is 2. The fraction of sp³-hybridized carbons (Fsp3) is 0.607. The number of aromatic nitrogens is 2. The van der Waals surface area contributed by atoms with Crippen molar-refractivity contribution in [3.63, 3.8) is 0 Å². The van der Waals surface area contributed by atoms with Crippen LogP contribution in [0.2, 0.25) is 0 Å². The van der Waals surface area contributed by atoms with Gasteiger partial charge in [-0.2, -0.15) is 8.42 Å². The second-order valence-corrected chi connectivity index (χ2v) is 14.3. The van der Waals surface area contributed by atoms with Gasteiger partial charge < -0.3 is 20.4 Å². The number of rotatable bonds is 3. The molecule has 10 nitrogen and oxygen atoms in total. The maximum absolute atomic E-state index is 13.5. The molecule has 2 unspecified atom stereocenters. The van der Waals surface area contributed by atoms with E-state index in [2.05, 4.69) is 40.7 Å². The summed E-state index contributed by atoms with van der Waals surface area (Å²) < 4.78 is 28.7. The van der Waals surface area contributed by atoms with Gasteiger partial charge in [-0.15, -0.1) is 0 Å². The van der Waals surface area contributed by atoms with E-state index in [4.69, 9.17) is 4.98 Å². The van der Waals surface area contributed by atoms with E-state index in [9.17, 15) is 23.4 Å². The molecule has 1 fully saturated rings. The van der Waals surface area contributed by atoms with E-state index in [0.29, 0.717) is 24.6 Å². The van der Waals surface area contributed by atoms with Gasteiger partial charge in [-0.05, 0) is 69.2 Å². The number of fused-ring (bicyclic) bond motifs is 6. The number of anilines is 2. The summed E-state index contributed by atoms with van der Waals surface area (Å²) in [5.74, 6) is 0.478. The van der Waals surface area contributed by atoms with Gasteiger partial charge in [0.1, 0.15) is 11.6 Å². The molecule has 2 aliphatic rings. The van der Waals surface area contributed by atoms with Crippen LogP contribution in [-0.2, 0) is 15.4 Å². The topological polar surface area (TPSA) is 145 Å². The van der Waals surface area contributed by atoms with Gasteiger partial charge in [0.15, 0.2) is 5.03 Å². The SMILES string of the molecule is C[C@H]1CC(CC(O)CO)Nc2cccc(n2)S(=O)(=O)NC(=O)c2ccc(C(C)(C)C)nc2N2C[C@@H]1CC2(C)C. The van der Waals surface area contributed by atoms with Crippen molar-refractivity contribution in [2.24, 2.45) is 11.8 Å². The highest BCUT2D eigenvalue weighted by atomic mass is 32.2. The molecular weight excluding hydrogens is 518 g/mol. The zero-order valence-corrected chi connectivity index (χ0v) is 24.4. The first-order valence-corrected chi connectivity index (χ1v) is 15.0. The quantitative estimate of drug-likeness (QED) is 0.446. The first-order valence-electron chi connectivity index (χ1n) is 13.5. The van der Waals surface area contributed by atoms with Crippen LogP contribution in [-0.4, -0.2) is 65.3 Å². The van der Waals surface area contributed by atoms with E-state index < -0.39 is 22.0 Å². The molecule has 4 heterocycles. The Balaban J connectivity index is 1.86. The maximum atomic E-state index is 13.5. The van der Waals surface area contributed by atoms with Gasteiger partial charge in [-0.1, -0.05) is 33.8 Å². The van der Waals surface area contributed by atoms with E-state index in [1.54, 1.807) is 24.3 Å². The fourth-order valence-electron chi connectivity index (χ4n) is 5.64. The van der Waals surface area contributed by atoms with E-state index in [1.165, 1.54) is 6.07 Å². The largest absolute Gasteiger partial charge is 0.394 e. The Morgan fingerprint density at radius 2 is 1.90 bits per heavy atom. The summed E-state index contributed by atoms with van der Waals surface area (Å²) in [5.41, 5.74) is 0.383. The summed E-state index contributed by atoms with van der Waals surface area (Å²) in [4.78, 5) is 24.9. The minimum absolute atomic E-state index is 0.195. The van der Waals surface area contributed by atoms with Crippen molar-refractivity contribution in [3.8, 4) is 0 Å². The molecule has 4 rings (SSSR count). The second-order valence-electron chi connectivity index (χ2n) is 12.6. The van der Waals surface area contributed by atoms with E-state index in [-0.39, 0.29) is 52.4 Å². The average molecular weight is 560 g/mol. The number of carbonyl (C=O) groups is 1.